The Labute approximate surface area is 95.2 Å². The summed E-state index contributed by atoms with van der Waals surface area (Å²) in [6, 6.07) is 4.99. The van der Waals surface area contributed by atoms with Gasteiger partial charge in [-0.05, 0) is 36.4 Å². The van der Waals surface area contributed by atoms with Crippen LogP contribution in [0, 0.1) is 5.82 Å². The molecule has 2 nitrogen and oxygen atoms in total. The molecule has 0 fully saturated rings. The Morgan fingerprint density at radius 1 is 1.47 bits per heavy atom. The summed E-state index contributed by atoms with van der Waals surface area (Å²) in [5.74, 6) is 0.837. The van der Waals surface area contributed by atoms with Crippen LogP contribution in [-0.2, 0) is 6.54 Å². The van der Waals surface area contributed by atoms with E-state index in [9.17, 15) is 4.39 Å². The maximum Gasteiger partial charge on any atom is 0.165 e. The van der Waals surface area contributed by atoms with E-state index in [0.717, 1.165) is 24.3 Å². The molecule has 4 heteroatoms. The van der Waals surface area contributed by atoms with Gasteiger partial charge in [0.15, 0.2) is 11.6 Å². The molecule has 0 saturated heterocycles. The van der Waals surface area contributed by atoms with Crippen LogP contribution in [0.2, 0.25) is 0 Å². The lowest BCUT2D eigenvalue weighted by Gasteiger charge is -2.06. The number of rotatable bonds is 6. The summed E-state index contributed by atoms with van der Waals surface area (Å²) in [6.07, 6.45) is 1.02. The molecular weight excluding hydrogens is 213 g/mol. The van der Waals surface area contributed by atoms with Crippen LogP contribution in [0.1, 0.15) is 12.0 Å². The first-order valence-corrected chi connectivity index (χ1v) is 5.55. The first-order valence-electron chi connectivity index (χ1n) is 4.92. The molecule has 1 rings (SSSR count). The Morgan fingerprint density at radius 3 is 2.87 bits per heavy atom. The summed E-state index contributed by atoms with van der Waals surface area (Å²) in [5, 5.41) is 3.21. The highest BCUT2D eigenvalue weighted by molar-refractivity contribution is 7.80. The second-order valence-electron chi connectivity index (χ2n) is 3.22. The molecule has 0 heterocycles. The van der Waals surface area contributed by atoms with Crippen molar-refractivity contribution in [2.45, 2.75) is 13.0 Å². The van der Waals surface area contributed by atoms with E-state index in [1.807, 2.05) is 6.07 Å². The first kappa shape index (κ1) is 12.3. The van der Waals surface area contributed by atoms with E-state index >= 15 is 0 Å². The minimum absolute atomic E-state index is 0.286. The molecule has 0 aromatic heterocycles. The number of hydrogen-bond donors (Lipinski definition) is 2. The minimum Gasteiger partial charge on any atom is -0.494 e. The van der Waals surface area contributed by atoms with Crippen LogP contribution in [0.5, 0.6) is 5.75 Å². The number of thiol groups is 1. The summed E-state index contributed by atoms with van der Waals surface area (Å²) >= 11 is 4.11. The lowest BCUT2D eigenvalue weighted by Crippen LogP contribution is -2.15. The molecule has 0 saturated carbocycles. The number of methoxy groups -OCH3 is 1. The first-order chi connectivity index (χ1) is 7.27. The second-order valence-corrected chi connectivity index (χ2v) is 3.67. The highest BCUT2D eigenvalue weighted by Crippen LogP contribution is 2.17. The van der Waals surface area contributed by atoms with Crippen LogP contribution in [0.15, 0.2) is 18.2 Å². The molecule has 84 valence electrons. The van der Waals surface area contributed by atoms with Gasteiger partial charge >= 0.3 is 0 Å². The van der Waals surface area contributed by atoms with Gasteiger partial charge in [0.2, 0.25) is 0 Å². The number of ether oxygens (including phenoxy) is 1. The molecular formula is C11H16FNOS. The van der Waals surface area contributed by atoms with E-state index in [4.69, 9.17) is 4.74 Å². The fourth-order valence-electron chi connectivity index (χ4n) is 1.26. The van der Waals surface area contributed by atoms with Crippen LogP contribution in [0.3, 0.4) is 0 Å². The highest BCUT2D eigenvalue weighted by Gasteiger charge is 2.02. The third-order valence-electron chi connectivity index (χ3n) is 2.06. The van der Waals surface area contributed by atoms with E-state index in [2.05, 4.69) is 17.9 Å². The molecule has 1 aromatic carbocycles. The third kappa shape index (κ3) is 4.10. The molecule has 0 radical (unpaired) electrons. The Hall–Kier alpha value is -0.740. The highest BCUT2D eigenvalue weighted by atomic mass is 32.1. The lowest BCUT2D eigenvalue weighted by molar-refractivity contribution is 0.386. The number of nitrogens with one attached hydrogen (secondary N) is 1. The van der Waals surface area contributed by atoms with E-state index in [0.29, 0.717) is 6.54 Å². The normalized spacial score (nSPS) is 10.3. The second kappa shape index (κ2) is 6.69. The zero-order chi connectivity index (χ0) is 11.1. The lowest BCUT2D eigenvalue weighted by atomic mass is 10.2. The van der Waals surface area contributed by atoms with Crippen molar-refractivity contribution in [3.05, 3.63) is 29.6 Å². The van der Waals surface area contributed by atoms with Crippen LogP contribution in [0.25, 0.3) is 0 Å². The van der Waals surface area contributed by atoms with Crippen molar-refractivity contribution < 1.29 is 9.13 Å². The molecule has 0 bridgehead atoms. The van der Waals surface area contributed by atoms with Gasteiger partial charge in [0.1, 0.15) is 0 Å². The molecule has 15 heavy (non-hydrogen) atoms. The van der Waals surface area contributed by atoms with E-state index in [1.165, 1.54) is 13.2 Å². The monoisotopic (exact) mass is 229 g/mol. The molecule has 0 unspecified atom stereocenters. The van der Waals surface area contributed by atoms with Crippen molar-refractivity contribution in [1.82, 2.24) is 5.32 Å². The van der Waals surface area contributed by atoms with Gasteiger partial charge in [-0.3, -0.25) is 0 Å². The smallest absolute Gasteiger partial charge is 0.165 e. The summed E-state index contributed by atoms with van der Waals surface area (Å²) < 4.78 is 18.1. The largest absolute Gasteiger partial charge is 0.494 e. The van der Waals surface area contributed by atoms with Gasteiger partial charge in [-0.2, -0.15) is 12.6 Å². The van der Waals surface area contributed by atoms with Gasteiger partial charge in [-0.15, -0.1) is 0 Å². The summed E-state index contributed by atoms with van der Waals surface area (Å²) in [4.78, 5) is 0. The standard InChI is InChI=1S/C11H16FNOS/c1-14-11-4-3-9(7-10(11)12)8-13-5-2-6-15/h3-4,7,13,15H,2,5-6,8H2,1H3. The number of halogens is 1. The summed E-state index contributed by atoms with van der Waals surface area (Å²) in [7, 11) is 1.46. The number of benzene rings is 1. The maximum absolute atomic E-state index is 13.3. The zero-order valence-electron chi connectivity index (χ0n) is 8.79. The summed E-state index contributed by atoms with van der Waals surface area (Å²) in [6.45, 7) is 1.58. The number of hydrogen-bond acceptors (Lipinski definition) is 3. The van der Waals surface area contributed by atoms with Gasteiger partial charge in [-0.25, -0.2) is 4.39 Å². The van der Waals surface area contributed by atoms with Gasteiger partial charge < -0.3 is 10.1 Å². The molecule has 1 aromatic rings. The van der Waals surface area contributed by atoms with Gasteiger partial charge in [0.05, 0.1) is 7.11 Å². The predicted molar refractivity (Wildman–Crippen MR) is 63.1 cm³/mol. The van der Waals surface area contributed by atoms with E-state index < -0.39 is 0 Å². The van der Waals surface area contributed by atoms with Crippen LogP contribution in [0.4, 0.5) is 4.39 Å². The molecule has 0 atom stereocenters. The zero-order valence-corrected chi connectivity index (χ0v) is 9.69. The van der Waals surface area contributed by atoms with Crippen molar-refractivity contribution in [3.63, 3.8) is 0 Å². The van der Waals surface area contributed by atoms with E-state index in [1.54, 1.807) is 6.07 Å². The van der Waals surface area contributed by atoms with Gasteiger partial charge in [-0.1, -0.05) is 6.07 Å². The molecule has 0 aliphatic rings. The Balaban J connectivity index is 2.45. The van der Waals surface area contributed by atoms with Crippen LogP contribution in [-0.4, -0.2) is 19.4 Å². The molecule has 0 aliphatic heterocycles. The van der Waals surface area contributed by atoms with Crippen molar-refractivity contribution >= 4 is 12.6 Å². The van der Waals surface area contributed by atoms with Crippen LogP contribution < -0.4 is 10.1 Å². The van der Waals surface area contributed by atoms with E-state index in [-0.39, 0.29) is 11.6 Å². The molecule has 0 spiro atoms. The van der Waals surface area contributed by atoms with Crippen molar-refractivity contribution in [2.24, 2.45) is 0 Å². The van der Waals surface area contributed by atoms with Crippen molar-refractivity contribution in [3.8, 4) is 5.75 Å². The van der Waals surface area contributed by atoms with Gasteiger partial charge in [0, 0.05) is 6.54 Å². The maximum atomic E-state index is 13.3. The third-order valence-corrected chi connectivity index (χ3v) is 2.37. The van der Waals surface area contributed by atoms with Crippen molar-refractivity contribution in [2.75, 3.05) is 19.4 Å². The summed E-state index contributed by atoms with van der Waals surface area (Å²) in [5.41, 5.74) is 0.924. The fourth-order valence-corrected chi connectivity index (χ4v) is 1.41. The quantitative estimate of drug-likeness (QED) is 0.576. The molecule has 1 N–H and O–H groups in total. The minimum atomic E-state index is -0.314. The van der Waals surface area contributed by atoms with Gasteiger partial charge in [0.25, 0.3) is 0 Å². The van der Waals surface area contributed by atoms with Crippen LogP contribution >= 0.6 is 12.6 Å². The fraction of sp³-hybridized carbons (Fsp3) is 0.455. The molecule has 0 aliphatic carbocycles. The Morgan fingerprint density at radius 2 is 2.27 bits per heavy atom. The van der Waals surface area contributed by atoms with Crippen molar-refractivity contribution in [1.29, 1.82) is 0 Å². The molecule has 0 amide bonds. The topological polar surface area (TPSA) is 21.3 Å². The Bertz CT molecular complexity index is 307. The predicted octanol–water partition coefficient (Wildman–Crippen LogP) is 2.24. The average molecular weight is 229 g/mol. The Kier molecular flexibility index (Phi) is 5.50. The SMILES string of the molecule is COc1ccc(CNCCCS)cc1F. The average Bonchev–Trinajstić information content (AvgIpc) is 2.25.